The van der Waals surface area contributed by atoms with Crippen LogP contribution in [0.3, 0.4) is 0 Å². The summed E-state index contributed by atoms with van der Waals surface area (Å²) >= 11 is 0. The highest BCUT2D eigenvalue weighted by Crippen LogP contribution is 2.17. The number of hydrogen-bond donors (Lipinski definition) is 2. The van der Waals surface area contributed by atoms with Crippen molar-refractivity contribution < 1.29 is 9.53 Å². The zero-order chi connectivity index (χ0) is 10.4. The minimum atomic E-state index is -0.330. The normalized spacial score (nSPS) is 20.6. The topological polar surface area (TPSA) is 64.3 Å². The minimum absolute atomic E-state index is 0.322. The van der Waals surface area contributed by atoms with Crippen LogP contribution in [0.15, 0.2) is 0 Å². The Bertz CT molecular complexity index is 179. The summed E-state index contributed by atoms with van der Waals surface area (Å²) in [6.07, 6.45) is 6.09. The van der Waals surface area contributed by atoms with Gasteiger partial charge in [-0.2, -0.15) is 0 Å². The summed E-state index contributed by atoms with van der Waals surface area (Å²) < 4.78 is 4.94. The van der Waals surface area contributed by atoms with Crippen LogP contribution in [-0.4, -0.2) is 31.7 Å². The van der Waals surface area contributed by atoms with E-state index in [1.165, 1.54) is 19.3 Å². The number of hydrogen-bond acceptors (Lipinski definition) is 3. The molecule has 1 amide bonds. The average Bonchev–Trinajstić information content (AvgIpc) is 2.18. The third kappa shape index (κ3) is 3.64. The third-order valence-corrected chi connectivity index (χ3v) is 2.72. The van der Waals surface area contributed by atoms with Crippen molar-refractivity contribution in [3.8, 4) is 0 Å². The Labute approximate surface area is 85.2 Å². The molecule has 4 heteroatoms. The number of methoxy groups -OCH3 is 1. The van der Waals surface area contributed by atoms with Gasteiger partial charge in [-0.25, -0.2) is 0 Å². The molecule has 0 bridgehead atoms. The van der Waals surface area contributed by atoms with Crippen LogP contribution in [0.1, 0.15) is 32.1 Å². The first-order chi connectivity index (χ1) is 6.74. The number of rotatable bonds is 5. The van der Waals surface area contributed by atoms with Gasteiger partial charge in [-0.05, 0) is 12.8 Å². The fourth-order valence-corrected chi connectivity index (χ4v) is 1.93. The lowest BCUT2D eigenvalue weighted by atomic mass is 9.95. The molecule has 1 atom stereocenters. The molecule has 14 heavy (non-hydrogen) atoms. The highest BCUT2D eigenvalue weighted by Gasteiger charge is 2.21. The molecular weight excluding hydrogens is 180 g/mol. The molecule has 1 saturated carbocycles. The fourth-order valence-electron chi connectivity index (χ4n) is 1.93. The molecule has 0 aromatic carbocycles. The molecule has 0 saturated heterocycles. The SMILES string of the molecule is COCC(NC1CCCCC1)C(N)=O. The van der Waals surface area contributed by atoms with Crippen molar-refractivity contribution in [1.82, 2.24) is 5.32 Å². The second-order valence-corrected chi connectivity index (χ2v) is 3.91. The van der Waals surface area contributed by atoms with Gasteiger partial charge in [0.15, 0.2) is 0 Å². The van der Waals surface area contributed by atoms with Gasteiger partial charge in [0.2, 0.25) is 5.91 Å². The van der Waals surface area contributed by atoms with Crippen molar-refractivity contribution >= 4 is 5.91 Å². The van der Waals surface area contributed by atoms with E-state index in [4.69, 9.17) is 10.5 Å². The summed E-state index contributed by atoms with van der Waals surface area (Å²) in [5.41, 5.74) is 5.26. The lowest BCUT2D eigenvalue weighted by Gasteiger charge is -2.26. The van der Waals surface area contributed by atoms with Gasteiger partial charge < -0.3 is 15.8 Å². The second kappa shape index (κ2) is 5.98. The minimum Gasteiger partial charge on any atom is -0.383 e. The monoisotopic (exact) mass is 200 g/mol. The van der Waals surface area contributed by atoms with Crippen molar-refractivity contribution in [3.63, 3.8) is 0 Å². The van der Waals surface area contributed by atoms with Gasteiger partial charge in [0, 0.05) is 13.2 Å². The Morgan fingerprint density at radius 3 is 2.64 bits per heavy atom. The second-order valence-electron chi connectivity index (χ2n) is 3.91. The van der Waals surface area contributed by atoms with Crippen molar-refractivity contribution in [3.05, 3.63) is 0 Å². The molecule has 1 unspecified atom stereocenters. The van der Waals surface area contributed by atoms with Crippen LogP contribution in [0.25, 0.3) is 0 Å². The van der Waals surface area contributed by atoms with E-state index in [1.54, 1.807) is 7.11 Å². The molecule has 0 aromatic rings. The van der Waals surface area contributed by atoms with Gasteiger partial charge >= 0.3 is 0 Å². The number of nitrogens with two attached hydrogens (primary N) is 1. The largest absolute Gasteiger partial charge is 0.383 e. The predicted molar refractivity (Wildman–Crippen MR) is 54.9 cm³/mol. The number of nitrogens with one attached hydrogen (secondary N) is 1. The first-order valence-corrected chi connectivity index (χ1v) is 5.28. The molecule has 0 aromatic heterocycles. The Balaban J connectivity index is 2.33. The first kappa shape index (κ1) is 11.5. The van der Waals surface area contributed by atoms with Crippen molar-refractivity contribution in [2.45, 2.75) is 44.2 Å². The predicted octanol–water partition coefficient (Wildman–Crippen LogP) is 0.409. The van der Waals surface area contributed by atoms with E-state index in [2.05, 4.69) is 5.32 Å². The number of carbonyl (C=O) groups is 1. The summed E-state index contributed by atoms with van der Waals surface area (Å²) in [4.78, 5) is 11.0. The number of ether oxygens (including phenoxy) is 1. The summed E-state index contributed by atoms with van der Waals surface area (Å²) in [6, 6.07) is 0.111. The van der Waals surface area contributed by atoms with Crippen LogP contribution in [0.5, 0.6) is 0 Å². The van der Waals surface area contributed by atoms with Gasteiger partial charge in [0.05, 0.1) is 6.61 Å². The van der Waals surface area contributed by atoms with Crippen molar-refractivity contribution in [2.75, 3.05) is 13.7 Å². The lowest BCUT2D eigenvalue weighted by Crippen LogP contribution is -2.49. The van der Waals surface area contributed by atoms with E-state index >= 15 is 0 Å². The maximum absolute atomic E-state index is 11.0. The van der Waals surface area contributed by atoms with E-state index < -0.39 is 0 Å². The highest BCUT2D eigenvalue weighted by molar-refractivity contribution is 5.80. The van der Waals surface area contributed by atoms with Crippen molar-refractivity contribution in [1.29, 1.82) is 0 Å². The summed E-state index contributed by atoms with van der Waals surface area (Å²) in [7, 11) is 1.58. The number of carbonyl (C=O) groups excluding carboxylic acids is 1. The van der Waals surface area contributed by atoms with E-state index in [9.17, 15) is 4.79 Å². The molecular formula is C10H20N2O2. The van der Waals surface area contributed by atoms with E-state index in [0.717, 1.165) is 12.8 Å². The van der Waals surface area contributed by atoms with Gasteiger partial charge in [0.25, 0.3) is 0 Å². The molecule has 0 spiro atoms. The molecule has 0 aliphatic heterocycles. The van der Waals surface area contributed by atoms with Crippen LogP contribution in [0.2, 0.25) is 0 Å². The summed E-state index contributed by atoms with van der Waals surface area (Å²) in [5, 5.41) is 3.26. The first-order valence-electron chi connectivity index (χ1n) is 5.28. The van der Waals surface area contributed by atoms with Gasteiger partial charge in [0.1, 0.15) is 6.04 Å². The molecule has 0 radical (unpaired) electrons. The maximum Gasteiger partial charge on any atom is 0.236 e. The molecule has 4 nitrogen and oxygen atoms in total. The van der Waals surface area contributed by atoms with Crippen LogP contribution in [0.4, 0.5) is 0 Å². The van der Waals surface area contributed by atoms with E-state index in [1.807, 2.05) is 0 Å². The Hall–Kier alpha value is -0.610. The molecule has 1 fully saturated rings. The zero-order valence-corrected chi connectivity index (χ0v) is 8.79. The lowest BCUT2D eigenvalue weighted by molar-refractivity contribution is -0.121. The zero-order valence-electron chi connectivity index (χ0n) is 8.79. The maximum atomic E-state index is 11.0. The Kier molecular flexibility index (Phi) is 4.90. The number of amides is 1. The Morgan fingerprint density at radius 2 is 2.14 bits per heavy atom. The Morgan fingerprint density at radius 1 is 1.50 bits per heavy atom. The van der Waals surface area contributed by atoms with Crippen LogP contribution < -0.4 is 11.1 Å². The molecule has 1 aliphatic carbocycles. The van der Waals surface area contributed by atoms with Crippen LogP contribution in [0, 0.1) is 0 Å². The molecule has 3 N–H and O–H groups in total. The molecule has 1 rings (SSSR count). The van der Waals surface area contributed by atoms with Crippen LogP contribution in [-0.2, 0) is 9.53 Å². The van der Waals surface area contributed by atoms with Gasteiger partial charge in [-0.3, -0.25) is 4.79 Å². The fraction of sp³-hybridized carbons (Fsp3) is 0.900. The van der Waals surface area contributed by atoms with Crippen LogP contribution >= 0.6 is 0 Å². The molecule has 82 valence electrons. The average molecular weight is 200 g/mol. The van der Waals surface area contributed by atoms with E-state index in [-0.39, 0.29) is 11.9 Å². The van der Waals surface area contributed by atoms with Gasteiger partial charge in [-0.15, -0.1) is 0 Å². The third-order valence-electron chi connectivity index (χ3n) is 2.72. The number of primary amides is 1. The standard InChI is InChI=1S/C10H20N2O2/c1-14-7-9(10(11)13)12-8-5-3-2-4-6-8/h8-9,12H,2-7H2,1H3,(H2,11,13). The quantitative estimate of drug-likeness (QED) is 0.675. The molecule has 0 heterocycles. The smallest absolute Gasteiger partial charge is 0.236 e. The summed E-state index contributed by atoms with van der Waals surface area (Å²) in [5.74, 6) is -0.322. The summed E-state index contributed by atoms with van der Waals surface area (Å²) in [6.45, 7) is 0.367. The van der Waals surface area contributed by atoms with Crippen molar-refractivity contribution in [2.24, 2.45) is 5.73 Å². The van der Waals surface area contributed by atoms with E-state index in [0.29, 0.717) is 12.6 Å². The highest BCUT2D eigenvalue weighted by atomic mass is 16.5. The molecule has 1 aliphatic rings. The van der Waals surface area contributed by atoms with Gasteiger partial charge in [-0.1, -0.05) is 19.3 Å².